The van der Waals surface area contributed by atoms with Crippen molar-refractivity contribution < 1.29 is 24.6 Å². The number of carbonyl (C=O) groups excluding carboxylic acids is 1. The van der Waals surface area contributed by atoms with Crippen molar-refractivity contribution in [3.05, 3.63) is 0 Å². The van der Waals surface area contributed by atoms with Gasteiger partial charge < -0.3 is 15.5 Å². The monoisotopic (exact) mass is 303 g/mol. The molecule has 0 unspecified atom stereocenters. The number of aliphatic carboxylic acids is 2. The average molecular weight is 303 g/mol. The maximum atomic E-state index is 11.9. The molecule has 1 saturated heterocycles. The average Bonchev–Trinajstić information content (AvgIpc) is 2.39. The van der Waals surface area contributed by atoms with Crippen LogP contribution in [0.4, 0.5) is 0 Å². The fraction of sp³-hybridized carbons (Fsp3) is 0.769. The molecule has 3 N–H and O–H groups in total. The summed E-state index contributed by atoms with van der Waals surface area (Å²) in [6.07, 6.45) is 4.95. The van der Waals surface area contributed by atoms with Crippen LogP contribution in [0.2, 0.25) is 0 Å². The van der Waals surface area contributed by atoms with Crippen LogP contribution in [-0.4, -0.2) is 45.6 Å². The number of amides is 1. The molecule has 0 saturated carbocycles. The standard InChI is InChI=1S/C13H21NO5S/c15-11-9(12(16)17)6-4-2-1-3-5-7-20-8-10(14-11)13(18)19/h9-10H,1-8H2,(H,14,15)(H,16,17)(H,18,19)/t9-,10-/m0/s1. The maximum Gasteiger partial charge on any atom is 0.327 e. The molecule has 114 valence electrons. The van der Waals surface area contributed by atoms with Gasteiger partial charge >= 0.3 is 11.9 Å². The topological polar surface area (TPSA) is 104 Å². The molecule has 1 aliphatic heterocycles. The predicted octanol–water partition coefficient (Wildman–Crippen LogP) is 1.34. The molecule has 20 heavy (non-hydrogen) atoms. The van der Waals surface area contributed by atoms with Gasteiger partial charge in [0.2, 0.25) is 5.91 Å². The zero-order chi connectivity index (χ0) is 15.0. The summed E-state index contributed by atoms with van der Waals surface area (Å²) in [5, 5.41) is 20.5. The van der Waals surface area contributed by atoms with E-state index in [0.717, 1.165) is 31.4 Å². The first-order valence-electron chi connectivity index (χ1n) is 6.86. The van der Waals surface area contributed by atoms with E-state index in [2.05, 4.69) is 5.32 Å². The Balaban J connectivity index is 2.72. The van der Waals surface area contributed by atoms with Crippen molar-refractivity contribution in [3.8, 4) is 0 Å². The summed E-state index contributed by atoms with van der Waals surface area (Å²) in [5.74, 6) is -3.01. The summed E-state index contributed by atoms with van der Waals surface area (Å²) in [6.45, 7) is 0. The summed E-state index contributed by atoms with van der Waals surface area (Å²) in [4.78, 5) is 34.1. The molecule has 0 aromatic carbocycles. The van der Waals surface area contributed by atoms with E-state index in [0.29, 0.717) is 6.42 Å². The molecule has 7 heteroatoms. The third kappa shape index (κ3) is 5.81. The molecule has 0 aliphatic carbocycles. The largest absolute Gasteiger partial charge is 0.481 e. The number of carbonyl (C=O) groups is 3. The maximum absolute atomic E-state index is 11.9. The first-order chi connectivity index (χ1) is 9.52. The van der Waals surface area contributed by atoms with E-state index in [1.165, 1.54) is 11.8 Å². The second kappa shape index (κ2) is 8.84. The van der Waals surface area contributed by atoms with Gasteiger partial charge in [-0.15, -0.1) is 0 Å². The molecule has 0 radical (unpaired) electrons. The van der Waals surface area contributed by atoms with Crippen molar-refractivity contribution in [1.82, 2.24) is 5.32 Å². The van der Waals surface area contributed by atoms with Crippen molar-refractivity contribution in [3.63, 3.8) is 0 Å². The number of thioether (sulfide) groups is 1. The fourth-order valence-corrected chi connectivity index (χ4v) is 3.13. The Hall–Kier alpha value is -1.24. The Bertz CT molecular complexity index is 361. The molecule has 0 aromatic heterocycles. The molecule has 1 rings (SSSR count). The summed E-state index contributed by atoms with van der Waals surface area (Å²) in [6, 6.07) is -1.02. The molecule has 2 atom stereocenters. The number of carboxylic acid groups (broad SMARTS) is 2. The highest BCUT2D eigenvalue weighted by Crippen LogP contribution is 2.16. The lowest BCUT2D eigenvalue weighted by Crippen LogP contribution is -2.46. The van der Waals surface area contributed by atoms with Crippen LogP contribution in [0.15, 0.2) is 0 Å². The molecular weight excluding hydrogens is 282 g/mol. The Morgan fingerprint density at radius 3 is 2.35 bits per heavy atom. The Kier molecular flexibility index (Phi) is 7.43. The quantitative estimate of drug-likeness (QED) is 0.665. The minimum Gasteiger partial charge on any atom is -0.481 e. The van der Waals surface area contributed by atoms with Crippen LogP contribution in [-0.2, 0) is 14.4 Å². The van der Waals surface area contributed by atoms with Crippen molar-refractivity contribution in [2.45, 2.75) is 44.6 Å². The first-order valence-corrected chi connectivity index (χ1v) is 8.01. The van der Waals surface area contributed by atoms with Crippen molar-refractivity contribution >= 4 is 29.6 Å². The van der Waals surface area contributed by atoms with Crippen molar-refractivity contribution in [2.75, 3.05) is 11.5 Å². The number of nitrogens with one attached hydrogen (secondary N) is 1. The Labute approximate surface area is 122 Å². The minimum atomic E-state index is -1.19. The summed E-state index contributed by atoms with van der Waals surface area (Å²) in [7, 11) is 0. The highest BCUT2D eigenvalue weighted by Gasteiger charge is 2.29. The summed E-state index contributed by atoms with van der Waals surface area (Å²) >= 11 is 1.48. The lowest BCUT2D eigenvalue weighted by molar-refractivity contribution is -0.149. The zero-order valence-electron chi connectivity index (χ0n) is 11.3. The molecule has 1 aliphatic rings. The minimum absolute atomic E-state index is 0.265. The van der Waals surface area contributed by atoms with E-state index in [-0.39, 0.29) is 12.2 Å². The van der Waals surface area contributed by atoms with Gasteiger partial charge in [0.1, 0.15) is 12.0 Å². The molecular formula is C13H21NO5S. The SMILES string of the molecule is O=C(O)[C@H]1CCCCCCCSC[C@@H](C(=O)O)NC1=O. The van der Waals surface area contributed by atoms with E-state index >= 15 is 0 Å². The van der Waals surface area contributed by atoms with Gasteiger partial charge in [-0.05, 0) is 18.6 Å². The van der Waals surface area contributed by atoms with Gasteiger partial charge in [-0.3, -0.25) is 9.59 Å². The number of rotatable bonds is 2. The van der Waals surface area contributed by atoms with Gasteiger partial charge in [0.05, 0.1) is 0 Å². The smallest absolute Gasteiger partial charge is 0.327 e. The van der Waals surface area contributed by atoms with Gasteiger partial charge in [-0.2, -0.15) is 11.8 Å². The predicted molar refractivity (Wildman–Crippen MR) is 75.7 cm³/mol. The van der Waals surface area contributed by atoms with Gasteiger partial charge in [0, 0.05) is 5.75 Å². The van der Waals surface area contributed by atoms with Crippen LogP contribution in [0.25, 0.3) is 0 Å². The van der Waals surface area contributed by atoms with E-state index in [9.17, 15) is 14.4 Å². The second-order valence-electron chi connectivity index (χ2n) is 4.92. The van der Waals surface area contributed by atoms with Gasteiger partial charge in [0.15, 0.2) is 0 Å². The fourth-order valence-electron chi connectivity index (χ4n) is 2.10. The molecule has 0 spiro atoms. The second-order valence-corrected chi connectivity index (χ2v) is 6.07. The summed E-state index contributed by atoms with van der Waals surface area (Å²) < 4.78 is 0. The molecule has 1 amide bonds. The van der Waals surface area contributed by atoms with Crippen LogP contribution in [0, 0.1) is 5.92 Å². The lowest BCUT2D eigenvalue weighted by Gasteiger charge is -2.17. The highest BCUT2D eigenvalue weighted by atomic mass is 32.2. The first kappa shape index (κ1) is 16.8. The van der Waals surface area contributed by atoms with Gasteiger partial charge in [0.25, 0.3) is 0 Å². The third-order valence-electron chi connectivity index (χ3n) is 3.30. The van der Waals surface area contributed by atoms with Crippen LogP contribution < -0.4 is 5.32 Å². The molecule has 6 nitrogen and oxygen atoms in total. The van der Waals surface area contributed by atoms with E-state index < -0.39 is 29.8 Å². The normalized spacial score (nSPS) is 26.5. The highest BCUT2D eigenvalue weighted by molar-refractivity contribution is 7.99. The van der Waals surface area contributed by atoms with Crippen molar-refractivity contribution in [1.29, 1.82) is 0 Å². The van der Waals surface area contributed by atoms with Crippen LogP contribution in [0.5, 0.6) is 0 Å². The molecule has 1 fully saturated rings. The van der Waals surface area contributed by atoms with E-state index in [4.69, 9.17) is 10.2 Å². The van der Waals surface area contributed by atoms with Gasteiger partial charge in [-0.25, -0.2) is 4.79 Å². The number of hydrogen-bond acceptors (Lipinski definition) is 4. The molecule has 0 bridgehead atoms. The van der Waals surface area contributed by atoms with Crippen molar-refractivity contribution in [2.24, 2.45) is 5.92 Å². The lowest BCUT2D eigenvalue weighted by atomic mass is 9.99. The summed E-state index contributed by atoms with van der Waals surface area (Å²) in [5.41, 5.74) is 0. The van der Waals surface area contributed by atoms with E-state index in [1.54, 1.807) is 0 Å². The molecule has 1 heterocycles. The van der Waals surface area contributed by atoms with E-state index in [1.807, 2.05) is 0 Å². The Morgan fingerprint density at radius 1 is 1.05 bits per heavy atom. The number of hydrogen-bond donors (Lipinski definition) is 3. The third-order valence-corrected chi connectivity index (χ3v) is 4.44. The van der Waals surface area contributed by atoms with Crippen LogP contribution >= 0.6 is 11.8 Å². The van der Waals surface area contributed by atoms with Gasteiger partial charge in [-0.1, -0.05) is 25.7 Å². The zero-order valence-corrected chi connectivity index (χ0v) is 12.2. The van der Waals surface area contributed by atoms with Crippen LogP contribution in [0.1, 0.15) is 38.5 Å². The Morgan fingerprint density at radius 2 is 1.70 bits per heavy atom. The van der Waals surface area contributed by atoms with Crippen LogP contribution in [0.3, 0.4) is 0 Å². The number of carboxylic acids is 2. The molecule has 0 aromatic rings.